The number of methoxy groups -OCH3 is 1. The van der Waals surface area contributed by atoms with Gasteiger partial charge in [-0.1, -0.05) is 51.1 Å². The van der Waals surface area contributed by atoms with Crippen molar-refractivity contribution in [3.63, 3.8) is 0 Å². The molecule has 0 radical (unpaired) electrons. The zero-order valence-corrected chi connectivity index (χ0v) is 27.8. The lowest BCUT2D eigenvalue weighted by molar-refractivity contribution is -0.146. The molecular weight excluding hydrogens is 582 g/mol. The Morgan fingerprint density at radius 1 is 0.956 bits per heavy atom. The maximum absolute atomic E-state index is 12.4. The highest BCUT2D eigenvalue weighted by Crippen LogP contribution is 2.44. The number of nitrogens with zero attached hydrogens (tertiary/aromatic N) is 3. The van der Waals surface area contributed by atoms with Gasteiger partial charge in [0.05, 0.1) is 18.2 Å². The van der Waals surface area contributed by atoms with Gasteiger partial charge in [0, 0.05) is 63.2 Å². The number of ether oxygens (including phenoxy) is 2. The van der Waals surface area contributed by atoms with Crippen LogP contribution in [-0.4, -0.2) is 37.5 Å². The molecule has 45 heavy (non-hydrogen) atoms. The van der Waals surface area contributed by atoms with Crippen LogP contribution in [0, 0.1) is 5.41 Å². The highest BCUT2D eigenvalue weighted by atomic mass is 32.2. The number of hydrogen-bond donors (Lipinski definition) is 1. The first-order chi connectivity index (χ1) is 21.3. The van der Waals surface area contributed by atoms with E-state index in [1.807, 2.05) is 49.5 Å². The van der Waals surface area contributed by atoms with Crippen molar-refractivity contribution in [3.8, 4) is 22.8 Å². The lowest BCUT2D eigenvalue weighted by atomic mass is 9.88. The van der Waals surface area contributed by atoms with E-state index in [9.17, 15) is 9.90 Å². The predicted molar refractivity (Wildman–Crippen MR) is 181 cm³/mol. The molecule has 8 heteroatoms. The van der Waals surface area contributed by atoms with Gasteiger partial charge in [-0.05, 0) is 68.3 Å². The summed E-state index contributed by atoms with van der Waals surface area (Å²) in [4.78, 5) is 22.3. The van der Waals surface area contributed by atoms with Crippen LogP contribution in [0.4, 0.5) is 0 Å². The van der Waals surface area contributed by atoms with Crippen LogP contribution in [0.3, 0.4) is 0 Å². The lowest BCUT2D eigenvalue weighted by Gasteiger charge is -2.24. The topological polar surface area (TPSA) is 86.5 Å². The minimum atomic E-state index is -0.961. The average Bonchev–Trinajstić information content (AvgIpc) is 3.27. The zero-order chi connectivity index (χ0) is 32.4. The summed E-state index contributed by atoms with van der Waals surface area (Å²) in [6.45, 7) is 12.7. The van der Waals surface area contributed by atoms with Crippen molar-refractivity contribution in [3.05, 3.63) is 102 Å². The number of carboxylic acid groups (broad SMARTS) is 1. The van der Waals surface area contributed by atoms with Crippen molar-refractivity contribution in [2.45, 2.75) is 70.3 Å². The molecule has 1 atom stereocenters. The van der Waals surface area contributed by atoms with Crippen molar-refractivity contribution >= 4 is 28.6 Å². The Balaban J connectivity index is 1.59. The van der Waals surface area contributed by atoms with E-state index in [0.29, 0.717) is 18.8 Å². The molecule has 0 aliphatic rings. The maximum atomic E-state index is 12.4. The Labute approximate surface area is 269 Å². The van der Waals surface area contributed by atoms with Gasteiger partial charge in [0.2, 0.25) is 5.88 Å². The number of aliphatic carboxylic acids is 1. The minimum absolute atomic E-state index is 0.104. The van der Waals surface area contributed by atoms with E-state index in [1.165, 1.54) is 0 Å². The zero-order valence-electron chi connectivity index (χ0n) is 27.0. The summed E-state index contributed by atoms with van der Waals surface area (Å²) in [5, 5.41) is 11.2. The van der Waals surface area contributed by atoms with E-state index in [0.717, 1.165) is 49.6 Å². The van der Waals surface area contributed by atoms with Crippen LogP contribution < -0.4 is 9.47 Å². The maximum Gasteiger partial charge on any atom is 0.309 e. The molecule has 0 spiro atoms. The molecule has 0 aliphatic carbocycles. The smallest absolute Gasteiger partial charge is 0.309 e. The van der Waals surface area contributed by atoms with Gasteiger partial charge in [-0.25, -0.2) is 4.98 Å². The number of fused-ring (bicyclic) bond motifs is 1. The molecule has 5 aromatic rings. The van der Waals surface area contributed by atoms with E-state index < -0.39 is 11.4 Å². The number of rotatable bonds is 11. The molecule has 5 rings (SSSR count). The normalized spacial score (nSPS) is 12.7. The minimum Gasteiger partial charge on any atom is -0.484 e. The molecule has 0 amide bonds. The summed E-state index contributed by atoms with van der Waals surface area (Å²) in [6, 6.07) is 24.3. The largest absolute Gasteiger partial charge is 0.484 e. The molecule has 3 aromatic heterocycles. The first-order valence-electron chi connectivity index (χ1n) is 15.1. The number of aromatic nitrogens is 3. The first kappa shape index (κ1) is 32.1. The van der Waals surface area contributed by atoms with Gasteiger partial charge >= 0.3 is 5.97 Å². The van der Waals surface area contributed by atoms with Crippen LogP contribution in [0.15, 0.2) is 90.1 Å². The summed E-state index contributed by atoms with van der Waals surface area (Å²) < 4.78 is 13.8. The van der Waals surface area contributed by atoms with Gasteiger partial charge in [-0.3, -0.25) is 9.78 Å². The molecule has 234 valence electrons. The SMILES string of the molecule is COc1ccc(-c2ccc(Cn3c(CC(C)(C)C(=O)O)c(SC(C)(C)C)c4cc(OC(C)c5ccccn5)ccc43)cc2)cn1. The number of carboxylic acids is 1. The molecule has 7 nitrogen and oxygen atoms in total. The number of benzene rings is 2. The van der Waals surface area contributed by atoms with Crippen LogP contribution in [-0.2, 0) is 17.8 Å². The van der Waals surface area contributed by atoms with Gasteiger partial charge in [0.1, 0.15) is 11.9 Å². The second-order valence-corrected chi connectivity index (χ2v) is 14.8. The van der Waals surface area contributed by atoms with Crippen LogP contribution in [0.5, 0.6) is 11.6 Å². The van der Waals surface area contributed by atoms with E-state index in [1.54, 1.807) is 38.9 Å². The molecule has 0 fully saturated rings. The van der Waals surface area contributed by atoms with Crippen molar-refractivity contribution in [2.24, 2.45) is 5.41 Å². The third kappa shape index (κ3) is 7.51. The van der Waals surface area contributed by atoms with E-state index in [4.69, 9.17) is 9.47 Å². The van der Waals surface area contributed by atoms with Gasteiger partial charge < -0.3 is 19.1 Å². The molecule has 0 bridgehead atoms. The molecular formula is C37H41N3O4S. The molecule has 2 aromatic carbocycles. The van der Waals surface area contributed by atoms with E-state index in [2.05, 4.69) is 71.7 Å². The predicted octanol–water partition coefficient (Wildman–Crippen LogP) is 8.84. The second kappa shape index (κ2) is 13.0. The van der Waals surface area contributed by atoms with Crippen LogP contribution in [0.2, 0.25) is 0 Å². The number of thioether (sulfide) groups is 1. The average molecular weight is 624 g/mol. The second-order valence-electron chi connectivity index (χ2n) is 12.9. The third-order valence-electron chi connectivity index (χ3n) is 7.68. The van der Waals surface area contributed by atoms with E-state index >= 15 is 0 Å². The van der Waals surface area contributed by atoms with Gasteiger partial charge in [-0.15, -0.1) is 11.8 Å². The monoisotopic (exact) mass is 623 g/mol. The Hall–Kier alpha value is -4.30. The summed E-state index contributed by atoms with van der Waals surface area (Å²) in [5.74, 6) is 0.502. The van der Waals surface area contributed by atoms with Crippen molar-refractivity contribution in [1.29, 1.82) is 0 Å². The Morgan fingerprint density at radius 2 is 1.69 bits per heavy atom. The Morgan fingerprint density at radius 3 is 2.29 bits per heavy atom. The standard InChI is InChI=1S/C37H41N3O4S/c1-24(30-10-8-9-19-38-30)44-28-16-17-31-29(20-28)34(45-36(2,3)4)32(21-37(5,6)35(41)42)40(31)23-25-11-13-26(14-12-25)27-15-18-33(43-7)39-22-27/h8-20,22,24H,21,23H2,1-7H3,(H,41,42). The third-order valence-corrected chi connectivity index (χ3v) is 8.95. The van der Waals surface area contributed by atoms with Crippen LogP contribution in [0.25, 0.3) is 22.0 Å². The molecule has 1 N–H and O–H groups in total. The summed E-state index contributed by atoms with van der Waals surface area (Å²) >= 11 is 1.77. The number of hydrogen-bond acceptors (Lipinski definition) is 6. The molecule has 1 unspecified atom stereocenters. The Bertz CT molecular complexity index is 1770. The highest BCUT2D eigenvalue weighted by molar-refractivity contribution is 8.00. The van der Waals surface area contributed by atoms with Crippen molar-refractivity contribution in [1.82, 2.24) is 14.5 Å². The molecule has 0 saturated carbocycles. The summed E-state index contributed by atoms with van der Waals surface area (Å²) in [7, 11) is 1.61. The first-order valence-corrected chi connectivity index (χ1v) is 15.9. The fourth-order valence-corrected chi connectivity index (χ4v) is 6.42. The Kier molecular flexibility index (Phi) is 9.26. The lowest BCUT2D eigenvalue weighted by Crippen LogP contribution is -2.28. The fraction of sp³-hybridized carbons (Fsp3) is 0.324. The summed E-state index contributed by atoms with van der Waals surface area (Å²) in [5.41, 5.74) is 5.13. The van der Waals surface area contributed by atoms with Crippen molar-refractivity contribution in [2.75, 3.05) is 7.11 Å². The fourth-order valence-electron chi connectivity index (χ4n) is 5.24. The molecule has 3 heterocycles. The van der Waals surface area contributed by atoms with Crippen LogP contribution in [0.1, 0.15) is 64.6 Å². The summed E-state index contributed by atoms with van der Waals surface area (Å²) in [6.07, 6.45) is 3.73. The number of carbonyl (C=O) groups is 1. The van der Waals surface area contributed by atoms with Gasteiger partial charge in [0.15, 0.2) is 0 Å². The van der Waals surface area contributed by atoms with Crippen LogP contribution >= 0.6 is 11.8 Å². The number of pyridine rings is 2. The van der Waals surface area contributed by atoms with Crippen molar-refractivity contribution < 1.29 is 19.4 Å². The molecule has 0 aliphatic heterocycles. The molecule has 0 saturated heterocycles. The highest BCUT2D eigenvalue weighted by Gasteiger charge is 2.33. The quantitative estimate of drug-likeness (QED) is 0.147. The van der Waals surface area contributed by atoms with Gasteiger partial charge in [0.25, 0.3) is 0 Å². The van der Waals surface area contributed by atoms with E-state index in [-0.39, 0.29) is 10.9 Å². The van der Waals surface area contributed by atoms with Gasteiger partial charge in [-0.2, -0.15) is 0 Å².